The molecule has 1 fully saturated rings. The van der Waals surface area contributed by atoms with E-state index in [1.165, 1.54) is 17.5 Å². The smallest absolute Gasteiger partial charge is 0.0659 e. The van der Waals surface area contributed by atoms with Gasteiger partial charge in [-0.15, -0.1) is 0 Å². The maximum absolute atomic E-state index is 5.97. The van der Waals surface area contributed by atoms with Gasteiger partial charge in [-0.25, -0.2) is 0 Å². The molecule has 3 nitrogen and oxygen atoms in total. The molecule has 0 unspecified atom stereocenters. The third-order valence-corrected chi connectivity index (χ3v) is 3.79. The number of hydrogen-bond donors (Lipinski definition) is 1. The minimum Gasteiger partial charge on any atom is -0.328 e. The minimum absolute atomic E-state index is 0.382. The summed E-state index contributed by atoms with van der Waals surface area (Å²) in [7, 11) is 0. The van der Waals surface area contributed by atoms with E-state index in [4.69, 9.17) is 5.73 Å². The second kappa shape index (κ2) is 4.94. The van der Waals surface area contributed by atoms with Crippen molar-refractivity contribution in [3.63, 3.8) is 0 Å². The Hall–Kier alpha value is -1.61. The van der Waals surface area contributed by atoms with Gasteiger partial charge in [-0.1, -0.05) is 30.3 Å². The molecule has 2 atom stereocenters. The molecule has 0 saturated heterocycles. The van der Waals surface area contributed by atoms with Crippen molar-refractivity contribution in [2.24, 2.45) is 5.73 Å². The van der Waals surface area contributed by atoms with E-state index in [0.717, 1.165) is 19.4 Å². The molecule has 3 heteroatoms. The number of benzene rings is 1. The van der Waals surface area contributed by atoms with Crippen LogP contribution < -0.4 is 5.73 Å². The summed E-state index contributed by atoms with van der Waals surface area (Å²) < 4.78 is 2.02. The molecule has 0 radical (unpaired) electrons. The highest BCUT2D eigenvalue weighted by atomic mass is 15.3. The van der Waals surface area contributed by atoms with Gasteiger partial charge in [0.1, 0.15) is 0 Å². The second-order valence-corrected chi connectivity index (χ2v) is 5.23. The molecule has 0 bridgehead atoms. The average molecular weight is 241 g/mol. The molecule has 1 aromatic heterocycles. The van der Waals surface area contributed by atoms with Crippen molar-refractivity contribution in [2.75, 3.05) is 0 Å². The van der Waals surface area contributed by atoms with Gasteiger partial charge >= 0.3 is 0 Å². The van der Waals surface area contributed by atoms with Gasteiger partial charge in [0.05, 0.1) is 12.7 Å². The van der Waals surface area contributed by atoms with Gasteiger partial charge < -0.3 is 5.73 Å². The zero-order valence-electron chi connectivity index (χ0n) is 10.5. The summed E-state index contributed by atoms with van der Waals surface area (Å²) in [5.74, 6) is 0.615. The lowest BCUT2D eigenvalue weighted by Gasteiger charge is -2.05. The van der Waals surface area contributed by atoms with E-state index in [0.29, 0.717) is 12.0 Å². The number of aromatic nitrogens is 2. The summed E-state index contributed by atoms with van der Waals surface area (Å²) >= 11 is 0. The molecule has 0 spiro atoms. The van der Waals surface area contributed by atoms with Crippen LogP contribution in [0.2, 0.25) is 0 Å². The van der Waals surface area contributed by atoms with Crippen molar-refractivity contribution in [3.8, 4) is 0 Å². The Balaban J connectivity index is 1.70. The van der Waals surface area contributed by atoms with Crippen LogP contribution in [-0.2, 0) is 6.54 Å². The van der Waals surface area contributed by atoms with Crippen molar-refractivity contribution < 1.29 is 0 Å². The summed E-state index contributed by atoms with van der Waals surface area (Å²) in [5.41, 5.74) is 8.60. The normalized spacial score (nSPS) is 23.4. The zero-order chi connectivity index (χ0) is 12.4. The molecule has 1 aliphatic carbocycles. The molecule has 3 rings (SSSR count). The van der Waals surface area contributed by atoms with E-state index in [1.807, 2.05) is 16.9 Å². The third kappa shape index (κ3) is 2.46. The Morgan fingerprint density at radius 1 is 1.22 bits per heavy atom. The first-order chi connectivity index (χ1) is 8.81. The standard InChI is InChI=1S/C15H19N3/c16-15-7-6-13(8-15)14-9-17-18(11-14)10-12-4-2-1-3-5-12/h1-5,9,11,13,15H,6-8,10,16H2/t13-,15+/m0/s1. The quantitative estimate of drug-likeness (QED) is 0.897. The molecule has 94 valence electrons. The Bertz CT molecular complexity index is 503. The van der Waals surface area contributed by atoms with Crippen molar-refractivity contribution in [1.82, 2.24) is 9.78 Å². The first kappa shape index (κ1) is 11.5. The highest BCUT2D eigenvalue weighted by molar-refractivity contribution is 5.17. The monoisotopic (exact) mass is 241 g/mol. The van der Waals surface area contributed by atoms with Crippen LogP contribution in [0.1, 0.15) is 36.3 Å². The summed E-state index contributed by atoms with van der Waals surface area (Å²) in [6.07, 6.45) is 7.64. The van der Waals surface area contributed by atoms with Crippen LogP contribution in [-0.4, -0.2) is 15.8 Å². The Labute approximate surface area is 108 Å². The lowest BCUT2D eigenvalue weighted by molar-refractivity contribution is 0.667. The van der Waals surface area contributed by atoms with E-state index in [1.54, 1.807) is 0 Å². The van der Waals surface area contributed by atoms with Gasteiger partial charge in [-0.3, -0.25) is 4.68 Å². The van der Waals surface area contributed by atoms with Crippen LogP contribution in [0, 0.1) is 0 Å². The fourth-order valence-electron chi connectivity index (χ4n) is 2.77. The van der Waals surface area contributed by atoms with Gasteiger partial charge in [-0.2, -0.15) is 5.10 Å². The fourth-order valence-corrected chi connectivity index (χ4v) is 2.77. The highest BCUT2D eigenvalue weighted by Gasteiger charge is 2.24. The SMILES string of the molecule is N[C@@H]1CC[C@H](c2cnn(Cc3ccccc3)c2)C1. The number of hydrogen-bond acceptors (Lipinski definition) is 2. The Kier molecular flexibility index (Phi) is 3.15. The summed E-state index contributed by atoms with van der Waals surface area (Å²) in [6, 6.07) is 10.8. The van der Waals surface area contributed by atoms with E-state index >= 15 is 0 Å². The van der Waals surface area contributed by atoms with Gasteiger partial charge in [-0.05, 0) is 36.3 Å². The average Bonchev–Trinajstić information content (AvgIpc) is 2.99. The Morgan fingerprint density at radius 2 is 2.06 bits per heavy atom. The van der Waals surface area contributed by atoms with E-state index in [2.05, 4.69) is 35.6 Å². The van der Waals surface area contributed by atoms with Crippen molar-refractivity contribution in [1.29, 1.82) is 0 Å². The summed E-state index contributed by atoms with van der Waals surface area (Å²) in [6.45, 7) is 0.847. The second-order valence-electron chi connectivity index (χ2n) is 5.23. The van der Waals surface area contributed by atoms with E-state index in [9.17, 15) is 0 Å². The minimum atomic E-state index is 0.382. The molecular weight excluding hydrogens is 222 g/mol. The molecule has 0 amide bonds. The predicted molar refractivity (Wildman–Crippen MR) is 72.3 cm³/mol. The van der Waals surface area contributed by atoms with Crippen LogP contribution in [0.25, 0.3) is 0 Å². The van der Waals surface area contributed by atoms with Crippen LogP contribution in [0.3, 0.4) is 0 Å². The zero-order valence-corrected chi connectivity index (χ0v) is 10.5. The maximum Gasteiger partial charge on any atom is 0.0659 e. The number of nitrogens with zero attached hydrogens (tertiary/aromatic N) is 2. The van der Waals surface area contributed by atoms with Crippen LogP contribution in [0.5, 0.6) is 0 Å². The molecule has 2 N–H and O–H groups in total. The summed E-state index contributed by atoms with van der Waals surface area (Å²) in [5, 5.41) is 4.46. The van der Waals surface area contributed by atoms with Crippen LogP contribution in [0.4, 0.5) is 0 Å². The van der Waals surface area contributed by atoms with Crippen molar-refractivity contribution in [2.45, 2.75) is 37.8 Å². The molecule has 18 heavy (non-hydrogen) atoms. The molecular formula is C15H19N3. The topological polar surface area (TPSA) is 43.8 Å². The molecule has 1 aliphatic rings. The largest absolute Gasteiger partial charge is 0.328 e. The van der Waals surface area contributed by atoms with E-state index < -0.39 is 0 Å². The molecule has 1 aromatic carbocycles. The lowest BCUT2D eigenvalue weighted by atomic mass is 10.0. The number of rotatable bonds is 3. The first-order valence-electron chi connectivity index (χ1n) is 6.63. The fraction of sp³-hybridized carbons (Fsp3) is 0.400. The highest BCUT2D eigenvalue weighted by Crippen LogP contribution is 2.33. The predicted octanol–water partition coefficient (Wildman–Crippen LogP) is 2.53. The molecule has 0 aliphatic heterocycles. The van der Waals surface area contributed by atoms with E-state index in [-0.39, 0.29) is 0 Å². The first-order valence-corrected chi connectivity index (χ1v) is 6.63. The van der Waals surface area contributed by atoms with Gasteiger partial charge in [0.2, 0.25) is 0 Å². The maximum atomic E-state index is 5.97. The molecule has 1 saturated carbocycles. The third-order valence-electron chi connectivity index (χ3n) is 3.79. The number of nitrogens with two attached hydrogens (primary N) is 1. The summed E-state index contributed by atoms with van der Waals surface area (Å²) in [4.78, 5) is 0. The molecule has 1 heterocycles. The van der Waals surface area contributed by atoms with Gasteiger partial charge in [0, 0.05) is 12.2 Å². The Morgan fingerprint density at radius 3 is 2.78 bits per heavy atom. The van der Waals surface area contributed by atoms with Crippen LogP contribution in [0.15, 0.2) is 42.7 Å². The van der Waals surface area contributed by atoms with Gasteiger partial charge in [0.25, 0.3) is 0 Å². The molecule has 2 aromatic rings. The lowest BCUT2D eigenvalue weighted by Crippen LogP contribution is -2.14. The van der Waals surface area contributed by atoms with Crippen molar-refractivity contribution in [3.05, 3.63) is 53.9 Å². The van der Waals surface area contributed by atoms with Crippen LogP contribution >= 0.6 is 0 Å². The van der Waals surface area contributed by atoms with Gasteiger partial charge in [0.15, 0.2) is 0 Å². The van der Waals surface area contributed by atoms with Crippen molar-refractivity contribution >= 4 is 0 Å².